The molecule has 0 aromatic heterocycles. The van der Waals surface area contributed by atoms with E-state index in [1.165, 1.54) is 12.8 Å². The lowest BCUT2D eigenvalue weighted by atomic mass is 9.92. The van der Waals surface area contributed by atoms with Gasteiger partial charge in [-0.25, -0.2) is 4.79 Å². The van der Waals surface area contributed by atoms with E-state index in [4.69, 9.17) is 9.47 Å². The van der Waals surface area contributed by atoms with Crippen molar-refractivity contribution >= 4 is 6.09 Å². The average molecular weight is 298 g/mol. The van der Waals surface area contributed by atoms with E-state index in [9.17, 15) is 4.79 Å². The van der Waals surface area contributed by atoms with Crippen molar-refractivity contribution < 1.29 is 14.3 Å². The van der Waals surface area contributed by atoms with Crippen LogP contribution in [0.25, 0.3) is 0 Å². The smallest absolute Gasteiger partial charge is 0.407 e. The van der Waals surface area contributed by atoms with Crippen molar-refractivity contribution in [2.45, 2.75) is 83.1 Å². The topological polar surface area (TPSA) is 59.6 Å². The fraction of sp³-hybridized carbons (Fsp3) is 0.938. The van der Waals surface area contributed by atoms with Gasteiger partial charge < -0.3 is 20.1 Å². The average Bonchev–Trinajstić information content (AvgIpc) is 2.40. The van der Waals surface area contributed by atoms with Crippen molar-refractivity contribution in [2.24, 2.45) is 0 Å². The largest absolute Gasteiger partial charge is 0.444 e. The molecule has 0 bridgehead atoms. The third kappa shape index (κ3) is 6.22. The Hall–Kier alpha value is -0.810. The number of nitrogens with one attached hydrogen (secondary N) is 2. The van der Waals surface area contributed by atoms with Gasteiger partial charge in [-0.15, -0.1) is 0 Å². The number of hydrogen-bond acceptors (Lipinski definition) is 4. The van der Waals surface area contributed by atoms with E-state index in [0.717, 1.165) is 38.8 Å². The van der Waals surface area contributed by atoms with Gasteiger partial charge in [0.2, 0.25) is 0 Å². The molecule has 1 amide bonds. The van der Waals surface area contributed by atoms with Gasteiger partial charge in [0.05, 0.1) is 12.2 Å². The molecule has 2 aliphatic rings. The van der Waals surface area contributed by atoms with E-state index < -0.39 is 5.60 Å². The minimum Gasteiger partial charge on any atom is -0.444 e. The first-order valence-electron chi connectivity index (χ1n) is 8.28. The lowest BCUT2D eigenvalue weighted by molar-refractivity contribution is -0.0425. The number of alkyl carbamates (subject to hydrolysis) is 1. The molecule has 21 heavy (non-hydrogen) atoms. The number of piperidine rings is 1. The molecule has 122 valence electrons. The predicted octanol–water partition coefficient (Wildman–Crippen LogP) is 2.59. The Morgan fingerprint density at radius 2 is 1.81 bits per heavy atom. The zero-order valence-corrected chi connectivity index (χ0v) is 13.6. The van der Waals surface area contributed by atoms with Crippen molar-refractivity contribution in [3.63, 3.8) is 0 Å². The summed E-state index contributed by atoms with van der Waals surface area (Å²) in [5, 5.41) is 6.35. The van der Waals surface area contributed by atoms with Gasteiger partial charge in [0, 0.05) is 12.6 Å². The molecule has 0 aromatic carbocycles. The summed E-state index contributed by atoms with van der Waals surface area (Å²) >= 11 is 0. The molecule has 2 fully saturated rings. The van der Waals surface area contributed by atoms with Gasteiger partial charge in [-0.2, -0.15) is 0 Å². The highest BCUT2D eigenvalue weighted by molar-refractivity contribution is 5.68. The van der Waals surface area contributed by atoms with Gasteiger partial charge in [-0.05, 0) is 65.8 Å². The highest BCUT2D eigenvalue weighted by atomic mass is 16.6. The second kappa shape index (κ2) is 7.45. The first kappa shape index (κ1) is 16.6. The van der Waals surface area contributed by atoms with Crippen molar-refractivity contribution in [3.05, 3.63) is 0 Å². The van der Waals surface area contributed by atoms with Crippen LogP contribution in [-0.4, -0.2) is 43.0 Å². The SMILES string of the molecule is CC(C)(C)OC(=O)NC1CCC(OC2CCCNC2)CC1. The summed E-state index contributed by atoms with van der Waals surface area (Å²) in [4.78, 5) is 11.8. The van der Waals surface area contributed by atoms with Gasteiger partial charge in [0.25, 0.3) is 0 Å². The van der Waals surface area contributed by atoms with Crippen molar-refractivity contribution in [3.8, 4) is 0 Å². The second-order valence-corrected chi connectivity index (χ2v) is 7.22. The van der Waals surface area contributed by atoms with E-state index in [1.54, 1.807) is 0 Å². The first-order chi connectivity index (χ1) is 9.92. The summed E-state index contributed by atoms with van der Waals surface area (Å²) in [5.74, 6) is 0. The standard InChI is InChI=1S/C16H30N2O3/c1-16(2,3)21-15(19)18-12-6-8-13(9-7-12)20-14-5-4-10-17-11-14/h12-14,17H,4-11H2,1-3H3,(H,18,19). The number of rotatable bonds is 3. The highest BCUT2D eigenvalue weighted by Gasteiger charge is 2.27. The van der Waals surface area contributed by atoms with Crippen LogP contribution in [0.3, 0.4) is 0 Å². The van der Waals surface area contributed by atoms with Gasteiger partial charge in [-0.3, -0.25) is 0 Å². The molecule has 1 saturated heterocycles. The summed E-state index contributed by atoms with van der Waals surface area (Å²) in [5.41, 5.74) is -0.432. The lowest BCUT2D eigenvalue weighted by Gasteiger charge is -2.33. The fourth-order valence-corrected chi connectivity index (χ4v) is 3.03. The summed E-state index contributed by atoms with van der Waals surface area (Å²) in [6, 6.07) is 0.226. The quantitative estimate of drug-likeness (QED) is 0.841. The van der Waals surface area contributed by atoms with Gasteiger partial charge in [-0.1, -0.05) is 0 Å². The van der Waals surface area contributed by atoms with Crippen LogP contribution in [0.1, 0.15) is 59.3 Å². The van der Waals surface area contributed by atoms with Crippen molar-refractivity contribution in [1.29, 1.82) is 0 Å². The number of carbonyl (C=O) groups is 1. The zero-order chi connectivity index (χ0) is 15.3. The maximum absolute atomic E-state index is 11.8. The van der Waals surface area contributed by atoms with Crippen LogP contribution >= 0.6 is 0 Å². The number of ether oxygens (including phenoxy) is 2. The van der Waals surface area contributed by atoms with E-state index >= 15 is 0 Å². The van der Waals surface area contributed by atoms with Crippen LogP contribution in [0.15, 0.2) is 0 Å². The minimum absolute atomic E-state index is 0.226. The molecule has 1 aliphatic heterocycles. The fourth-order valence-electron chi connectivity index (χ4n) is 3.03. The molecule has 1 unspecified atom stereocenters. The first-order valence-corrected chi connectivity index (χ1v) is 8.28. The molecule has 1 saturated carbocycles. The molecule has 1 aliphatic carbocycles. The molecule has 0 radical (unpaired) electrons. The van der Waals surface area contributed by atoms with Gasteiger partial charge in [0.15, 0.2) is 0 Å². The van der Waals surface area contributed by atoms with Crippen LogP contribution < -0.4 is 10.6 Å². The maximum Gasteiger partial charge on any atom is 0.407 e. The normalized spacial score (nSPS) is 30.7. The maximum atomic E-state index is 11.8. The third-order valence-electron chi connectivity index (χ3n) is 4.03. The molecule has 0 aromatic rings. The van der Waals surface area contributed by atoms with Gasteiger partial charge >= 0.3 is 6.09 Å². The lowest BCUT2D eigenvalue weighted by Crippen LogP contribution is -2.43. The summed E-state index contributed by atoms with van der Waals surface area (Å²) in [6.07, 6.45) is 6.81. The highest BCUT2D eigenvalue weighted by Crippen LogP contribution is 2.24. The molecule has 1 atom stereocenters. The molecule has 0 spiro atoms. The summed E-state index contributed by atoms with van der Waals surface area (Å²) < 4.78 is 11.5. The number of hydrogen-bond donors (Lipinski definition) is 2. The monoisotopic (exact) mass is 298 g/mol. The predicted molar refractivity (Wildman–Crippen MR) is 82.4 cm³/mol. The van der Waals surface area contributed by atoms with E-state index in [0.29, 0.717) is 12.2 Å². The Kier molecular flexibility index (Phi) is 5.88. The van der Waals surface area contributed by atoms with Crippen LogP contribution in [0.4, 0.5) is 4.79 Å². The molecule has 5 heteroatoms. The Labute approximate surface area is 128 Å². The van der Waals surface area contributed by atoms with E-state index in [1.807, 2.05) is 20.8 Å². The molecular formula is C16H30N2O3. The van der Waals surface area contributed by atoms with E-state index in [2.05, 4.69) is 10.6 Å². The van der Waals surface area contributed by atoms with Crippen molar-refractivity contribution in [1.82, 2.24) is 10.6 Å². The Morgan fingerprint density at radius 3 is 2.38 bits per heavy atom. The molecule has 2 N–H and O–H groups in total. The zero-order valence-electron chi connectivity index (χ0n) is 13.6. The van der Waals surface area contributed by atoms with Crippen LogP contribution in [-0.2, 0) is 9.47 Å². The summed E-state index contributed by atoms with van der Waals surface area (Å²) in [7, 11) is 0. The van der Waals surface area contributed by atoms with E-state index in [-0.39, 0.29) is 12.1 Å². The number of carbonyl (C=O) groups excluding carboxylic acids is 1. The second-order valence-electron chi connectivity index (χ2n) is 7.22. The summed E-state index contributed by atoms with van der Waals surface area (Å²) in [6.45, 7) is 7.75. The number of amides is 1. The van der Waals surface area contributed by atoms with Crippen LogP contribution in [0.2, 0.25) is 0 Å². The molecule has 5 nitrogen and oxygen atoms in total. The molecular weight excluding hydrogens is 268 g/mol. The molecule has 2 rings (SSSR count). The van der Waals surface area contributed by atoms with Crippen LogP contribution in [0.5, 0.6) is 0 Å². The Bertz CT molecular complexity index is 327. The Morgan fingerprint density at radius 1 is 1.10 bits per heavy atom. The van der Waals surface area contributed by atoms with Crippen molar-refractivity contribution in [2.75, 3.05) is 13.1 Å². The molecule has 1 heterocycles. The van der Waals surface area contributed by atoms with Crippen LogP contribution in [0, 0.1) is 0 Å². The Balaban J connectivity index is 1.64. The van der Waals surface area contributed by atoms with Gasteiger partial charge in [0.1, 0.15) is 5.60 Å². The third-order valence-corrected chi connectivity index (χ3v) is 4.03. The minimum atomic E-state index is -0.432.